The van der Waals surface area contributed by atoms with Crippen LogP contribution in [0.1, 0.15) is 48.8 Å². The second kappa shape index (κ2) is 3.07. The number of aryl methyl sites for hydroxylation is 1. The van der Waals surface area contributed by atoms with Crippen molar-refractivity contribution in [1.82, 2.24) is 9.97 Å². The Morgan fingerprint density at radius 2 is 2.23 bits per heavy atom. The Bertz CT molecular complexity index is 316. The Balaban J connectivity index is 2.31. The SMILES string of the molecule is Cc1nc(C2CC2)ncc1[C@@H](C)N. The average molecular weight is 177 g/mol. The molecule has 1 heterocycles. The summed E-state index contributed by atoms with van der Waals surface area (Å²) in [6.07, 6.45) is 4.37. The maximum atomic E-state index is 5.78. The summed E-state index contributed by atoms with van der Waals surface area (Å²) in [6, 6.07) is 0.0354. The highest BCUT2D eigenvalue weighted by molar-refractivity contribution is 5.21. The lowest BCUT2D eigenvalue weighted by molar-refractivity contribution is 0.772. The lowest BCUT2D eigenvalue weighted by Gasteiger charge is -2.08. The van der Waals surface area contributed by atoms with E-state index in [1.807, 2.05) is 20.0 Å². The molecule has 70 valence electrons. The van der Waals surface area contributed by atoms with Crippen molar-refractivity contribution >= 4 is 0 Å². The largest absolute Gasteiger partial charge is 0.324 e. The van der Waals surface area contributed by atoms with Gasteiger partial charge in [0.05, 0.1) is 0 Å². The summed E-state index contributed by atoms with van der Waals surface area (Å²) >= 11 is 0. The van der Waals surface area contributed by atoms with Crippen LogP contribution in [0.3, 0.4) is 0 Å². The van der Waals surface area contributed by atoms with Gasteiger partial charge in [0.1, 0.15) is 5.82 Å². The van der Waals surface area contributed by atoms with E-state index in [2.05, 4.69) is 9.97 Å². The summed E-state index contributed by atoms with van der Waals surface area (Å²) in [4.78, 5) is 8.80. The van der Waals surface area contributed by atoms with Gasteiger partial charge in [-0.05, 0) is 26.7 Å². The van der Waals surface area contributed by atoms with Gasteiger partial charge in [-0.1, -0.05) is 0 Å². The maximum absolute atomic E-state index is 5.78. The molecule has 1 aliphatic rings. The van der Waals surface area contributed by atoms with Crippen LogP contribution in [0.25, 0.3) is 0 Å². The van der Waals surface area contributed by atoms with Crippen molar-refractivity contribution in [2.24, 2.45) is 5.73 Å². The number of nitrogens with zero attached hydrogens (tertiary/aromatic N) is 2. The summed E-state index contributed by atoms with van der Waals surface area (Å²) < 4.78 is 0. The van der Waals surface area contributed by atoms with Crippen LogP contribution in [-0.4, -0.2) is 9.97 Å². The van der Waals surface area contributed by atoms with Crippen molar-refractivity contribution in [2.75, 3.05) is 0 Å². The van der Waals surface area contributed by atoms with Crippen molar-refractivity contribution < 1.29 is 0 Å². The molecule has 0 saturated heterocycles. The number of nitrogens with two attached hydrogens (primary N) is 1. The fraction of sp³-hybridized carbons (Fsp3) is 0.600. The van der Waals surface area contributed by atoms with Crippen molar-refractivity contribution in [3.05, 3.63) is 23.3 Å². The Morgan fingerprint density at radius 3 is 2.69 bits per heavy atom. The van der Waals surface area contributed by atoms with Crippen LogP contribution in [0.2, 0.25) is 0 Å². The summed E-state index contributed by atoms with van der Waals surface area (Å²) in [5, 5.41) is 0. The number of hydrogen-bond donors (Lipinski definition) is 1. The van der Waals surface area contributed by atoms with E-state index in [1.54, 1.807) is 0 Å². The normalized spacial score (nSPS) is 18.7. The first-order valence-corrected chi connectivity index (χ1v) is 4.77. The van der Waals surface area contributed by atoms with Crippen LogP contribution in [0, 0.1) is 6.92 Å². The van der Waals surface area contributed by atoms with E-state index in [0.717, 1.165) is 17.1 Å². The zero-order valence-electron chi connectivity index (χ0n) is 8.12. The second-order valence-electron chi connectivity index (χ2n) is 3.83. The van der Waals surface area contributed by atoms with E-state index in [-0.39, 0.29) is 6.04 Å². The molecule has 0 aromatic carbocycles. The highest BCUT2D eigenvalue weighted by Gasteiger charge is 2.26. The van der Waals surface area contributed by atoms with Gasteiger partial charge in [0, 0.05) is 29.4 Å². The van der Waals surface area contributed by atoms with Crippen molar-refractivity contribution in [3.63, 3.8) is 0 Å². The Morgan fingerprint density at radius 1 is 1.54 bits per heavy atom. The molecule has 0 aliphatic heterocycles. The molecule has 2 rings (SSSR count). The topological polar surface area (TPSA) is 51.8 Å². The van der Waals surface area contributed by atoms with E-state index >= 15 is 0 Å². The van der Waals surface area contributed by atoms with Gasteiger partial charge in [0.25, 0.3) is 0 Å². The fourth-order valence-electron chi connectivity index (χ4n) is 1.48. The molecule has 0 spiro atoms. The predicted octanol–water partition coefficient (Wildman–Crippen LogP) is 1.68. The van der Waals surface area contributed by atoms with Gasteiger partial charge >= 0.3 is 0 Å². The van der Waals surface area contributed by atoms with E-state index < -0.39 is 0 Å². The molecule has 2 N–H and O–H groups in total. The average Bonchev–Trinajstić information content (AvgIpc) is 2.85. The standard InChI is InChI=1S/C10H15N3/c1-6(11)9-5-12-10(8-3-4-8)13-7(9)2/h5-6,8H,3-4,11H2,1-2H3/t6-/m1/s1. The molecular weight excluding hydrogens is 162 g/mol. The van der Waals surface area contributed by atoms with Crippen LogP contribution in [0.5, 0.6) is 0 Å². The molecule has 1 fully saturated rings. The van der Waals surface area contributed by atoms with Gasteiger partial charge in [-0.2, -0.15) is 0 Å². The minimum atomic E-state index is 0.0354. The number of hydrogen-bond acceptors (Lipinski definition) is 3. The van der Waals surface area contributed by atoms with E-state index in [4.69, 9.17) is 5.73 Å². The van der Waals surface area contributed by atoms with Crippen LogP contribution in [-0.2, 0) is 0 Å². The number of rotatable bonds is 2. The summed E-state index contributed by atoms with van der Waals surface area (Å²) in [5.74, 6) is 1.63. The van der Waals surface area contributed by atoms with Crippen molar-refractivity contribution in [1.29, 1.82) is 0 Å². The highest BCUT2D eigenvalue weighted by Crippen LogP contribution is 2.38. The molecule has 1 atom stereocenters. The highest BCUT2D eigenvalue weighted by atomic mass is 14.9. The second-order valence-corrected chi connectivity index (χ2v) is 3.83. The third kappa shape index (κ3) is 1.70. The molecule has 0 amide bonds. The Hall–Kier alpha value is -0.960. The van der Waals surface area contributed by atoms with Gasteiger partial charge in [0.15, 0.2) is 0 Å². The summed E-state index contributed by atoms with van der Waals surface area (Å²) in [5.41, 5.74) is 7.87. The molecule has 1 aliphatic carbocycles. The first-order valence-electron chi connectivity index (χ1n) is 4.77. The first kappa shape index (κ1) is 8.63. The molecule has 1 aromatic rings. The fourth-order valence-corrected chi connectivity index (χ4v) is 1.48. The van der Waals surface area contributed by atoms with Crippen LogP contribution >= 0.6 is 0 Å². The Labute approximate surface area is 78.4 Å². The van der Waals surface area contributed by atoms with Gasteiger partial charge < -0.3 is 5.73 Å². The minimum absolute atomic E-state index is 0.0354. The molecule has 1 saturated carbocycles. The maximum Gasteiger partial charge on any atom is 0.131 e. The van der Waals surface area contributed by atoms with Crippen LogP contribution in [0.4, 0.5) is 0 Å². The lowest BCUT2D eigenvalue weighted by Crippen LogP contribution is -2.10. The van der Waals surface area contributed by atoms with Crippen molar-refractivity contribution in [2.45, 2.75) is 38.6 Å². The number of aromatic nitrogens is 2. The zero-order valence-corrected chi connectivity index (χ0v) is 8.12. The molecule has 0 bridgehead atoms. The smallest absolute Gasteiger partial charge is 0.131 e. The first-order chi connectivity index (χ1) is 6.18. The molecular formula is C10H15N3. The third-order valence-corrected chi connectivity index (χ3v) is 2.47. The third-order valence-electron chi connectivity index (χ3n) is 2.47. The molecule has 0 radical (unpaired) electrons. The lowest BCUT2D eigenvalue weighted by atomic mass is 10.1. The van der Waals surface area contributed by atoms with E-state index in [9.17, 15) is 0 Å². The molecule has 0 unspecified atom stereocenters. The molecule has 1 aromatic heterocycles. The van der Waals surface area contributed by atoms with E-state index in [1.165, 1.54) is 12.8 Å². The van der Waals surface area contributed by atoms with Crippen molar-refractivity contribution in [3.8, 4) is 0 Å². The summed E-state index contributed by atoms with van der Waals surface area (Å²) in [7, 11) is 0. The van der Waals surface area contributed by atoms with Gasteiger partial charge in [0.2, 0.25) is 0 Å². The van der Waals surface area contributed by atoms with Gasteiger partial charge in [-0.25, -0.2) is 9.97 Å². The molecule has 3 nitrogen and oxygen atoms in total. The van der Waals surface area contributed by atoms with E-state index in [0.29, 0.717) is 5.92 Å². The predicted molar refractivity (Wildman–Crippen MR) is 51.3 cm³/mol. The summed E-state index contributed by atoms with van der Waals surface area (Å²) in [6.45, 7) is 3.97. The zero-order chi connectivity index (χ0) is 9.42. The van der Waals surface area contributed by atoms with Crippen LogP contribution < -0.4 is 5.73 Å². The molecule has 13 heavy (non-hydrogen) atoms. The monoisotopic (exact) mass is 177 g/mol. The molecule has 3 heteroatoms. The minimum Gasteiger partial charge on any atom is -0.324 e. The Kier molecular flexibility index (Phi) is 2.04. The quantitative estimate of drug-likeness (QED) is 0.747. The van der Waals surface area contributed by atoms with Gasteiger partial charge in [-0.15, -0.1) is 0 Å². The van der Waals surface area contributed by atoms with Gasteiger partial charge in [-0.3, -0.25) is 0 Å². The van der Waals surface area contributed by atoms with Crippen LogP contribution in [0.15, 0.2) is 6.20 Å².